The van der Waals surface area contributed by atoms with Crippen molar-refractivity contribution in [1.29, 1.82) is 0 Å². The van der Waals surface area contributed by atoms with E-state index in [9.17, 15) is 9.59 Å². The molecule has 0 bridgehead atoms. The molecule has 1 aliphatic carbocycles. The van der Waals surface area contributed by atoms with E-state index in [0.717, 1.165) is 41.4 Å². The Labute approximate surface area is 169 Å². The first kappa shape index (κ1) is 19.5. The fourth-order valence-electron chi connectivity index (χ4n) is 4.28. The van der Waals surface area contributed by atoms with Crippen LogP contribution in [0.25, 0.3) is 21.8 Å². The van der Waals surface area contributed by atoms with Gasteiger partial charge in [-0.1, -0.05) is 6.92 Å². The molecule has 2 aromatic heterocycles. The van der Waals surface area contributed by atoms with E-state index in [-0.39, 0.29) is 11.6 Å². The minimum Gasteiger partial charge on any atom is -0.338 e. The molecular formula is C22H29N5O2. The fraction of sp³-hybridized carbons (Fsp3) is 0.500. The van der Waals surface area contributed by atoms with Crippen molar-refractivity contribution in [1.82, 2.24) is 25.4 Å². The molecule has 4 rings (SSSR count). The average molecular weight is 396 g/mol. The number of urea groups is 1. The van der Waals surface area contributed by atoms with Gasteiger partial charge in [-0.3, -0.25) is 9.89 Å². The molecule has 3 aromatic rings. The van der Waals surface area contributed by atoms with E-state index in [0.29, 0.717) is 31.4 Å². The lowest BCUT2D eigenvalue weighted by Crippen LogP contribution is -2.36. The minimum atomic E-state index is -0.153. The van der Waals surface area contributed by atoms with Gasteiger partial charge in [-0.15, -0.1) is 0 Å². The molecule has 0 saturated carbocycles. The van der Waals surface area contributed by atoms with Crippen LogP contribution in [-0.4, -0.2) is 33.9 Å². The Kier molecular flexibility index (Phi) is 5.56. The number of nitrogens with zero attached hydrogens (tertiary/aromatic N) is 2. The molecule has 1 aliphatic rings. The standard InChI is InChI=1S/C22H29N5O2/c1-3-9-23-22(29)24-10-6-11-27-18-13-16-8-5-4-7-15(16)12-17(18)20-19(21(27)28)14(2)25-26-20/h12-13H,3-11H2,1-2H3,(H,25,26)(H2,23,24,29). The third-order valence-corrected chi connectivity index (χ3v) is 5.79. The second kappa shape index (κ2) is 8.27. The molecule has 7 heteroatoms. The molecule has 0 aliphatic heterocycles. The minimum absolute atomic E-state index is 0.00931. The Morgan fingerprint density at radius 3 is 2.66 bits per heavy atom. The predicted octanol–water partition coefficient (Wildman–Crippen LogP) is 3.16. The van der Waals surface area contributed by atoms with E-state index < -0.39 is 0 Å². The molecule has 0 spiro atoms. The highest BCUT2D eigenvalue weighted by Gasteiger charge is 2.18. The Hall–Kier alpha value is -2.83. The molecule has 2 amide bonds. The number of aryl methyl sites for hydroxylation is 4. The third-order valence-electron chi connectivity index (χ3n) is 5.79. The predicted molar refractivity (Wildman–Crippen MR) is 116 cm³/mol. The molecule has 0 unspecified atom stereocenters. The number of hydrogen-bond acceptors (Lipinski definition) is 3. The van der Waals surface area contributed by atoms with E-state index in [1.54, 1.807) is 0 Å². The van der Waals surface area contributed by atoms with Gasteiger partial charge in [-0.05, 0) is 68.7 Å². The van der Waals surface area contributed by atoms with Crippen molar-refractivity contribution in [3.8, 4) is 0 Å². The molecule has 3 N–H and O–H groups in total. The van der Waals surface area contributed by atoms with Crippen LogP contribution in [-0.2, 0) is 19.4 Å². The summed E-state index contributed by atoms with van der Waals surface area (Å²) in [6.07, 6.45) is 6.16. The molecule has 0 saturated heterocycles. The van der Waals surface area contributed by atoms with Crippen molar-refractivity contribution in [2.75, 3.05) is 13.1 Å². The number of aromatic amines is 1. The second-order valence-electron chi connectivity index (χ2n) is 7.91. The number of nitrogens with one attached hydrogen (secondary N) is 3. The number of H-pyrrole nitrogens is 1. The maximum Gasteiger partial charge on any atom is 0.314 e. The number of carbonyl (C=O) groups excluding carboxylic acids is 1. The SMILES string of the molecule is CCCNC(=O)NCCCn1c(=O)c2c(C)[nH]nc2c2cc3c(cc21)CCCC3. The van der Waals surface area contributed by atoms with E-state index in [1.165, 1.54) is 24.0 Å². The second-order valence-corrected chi connectivity index (χ2v) is 7.91. The highest BCUT2D eigenvalue weighted by molar-refractivity contribution is 6.04. The van der Waals surface area contributed by atoms with Crippen molar-refractivity contribution in [3.63, 3.8) is 0 Å². The van der Waals surface area contributed by atoms with Crippen molar-refractivity contribution >= 4 is 27.8 Å². The molecular weight excluding hydrogens is 366 g/mol. The Bertz CT molecular complexity index is 1110. The first-order valence-electron chi connectivity index (χ1n) is 10.6. The zero-order valence-electron chi connectivity index (χ0n) is 17.2. The number of benzene rings is 1. The molecule has 2 heterocycles. The first-order chi connectivity index (χ1) is 14.1. The van der Waals surface area contributed by atoms with Crippen LogP contribution in [0.2, 0.25) is 0 Å². The Morgan fingerprint density at radius 1 is 1.17 bits per heavy atom. The van der Waals surface area contributed by atoms with Crippen LogP contribution in [0.5, 0.6) is 0 Å². The van der Waals surface area contributed by atoms with Crippen molar-refractivity contribution in [2.24, 2.45) is 0 Å². The summed E-state index contributed by atoms with van der Waals surface area (Å²) in [6.45, 7) is 5.66. The zero-order chi connectivity index (χ0) is 20.4. The van der Waals surface area contributed by atoms with E-state index in [4.69, 9.17) is 0 Å². The van der Waals surface area contributed by atoms with Gasteiger partial charge in [0.15, 0.2) is 0 Å². The van der Waals surface area contributed by atoms with Crippen LogP contribution in [0.3, 0.4) is 0 Å². The molecule has 29 heavy (non-hydrogen) atoms. The maximum atomic E-state index is 13.3. The summed E-state index contributed by atoms with van der Waals surface area (Å²) < 4.78 is 1.86. The first-order valence-corrected chi connectivity index (χ1v) is 10.6. The van der Waals surface area contributed by atoms with Gasteiger partial charge >= 0.3 is 6.03 Å². The summed E-state index contributed by atoms with van der Waals surface area (Å²) in [7, 11) is 0. The lowest BCUT2D eigenvalue weighted by molar-refractivity contribution is 0.240. The van der Waals surface area contributed by atoms with Gasteiger partial charge in [0.05, 0.1) is 10.9 Å². The van der Waals surface area contributed by atoms with E-state index in [1.807, 2.05) is 18.4 Å². The van der Waals surface area contributed by atoms with Crippen LogP contribution in [0.1, 0.15) is 49.4 Å². The molecule has 0 fully saturated rings. The summed E-state index contributed by atoms with van der Waals surface area (Å²) in [6, 6.07) is 4.27. The largest absolute Gasteiger partial charge is 0.338 e. The summed E-state index contributed by atoms with van der Waals surface area (Å²) in [5.41, 5.74) is 5.24. The lowest BCUT2D eigenvalue weighted by Gasteiger charge is -2.19. The number of rotatable bonds is 6. The number of aromatic nitrogens is 3. The third kappa shape index (κ3) is 3.73. The van der Waals surface area contributed by atoms with Crippen LogP contribution in [0, 0.1) is 6.92 Å². The smallest absolute Gasteiger partial charge is 0.314 e. The normalized spacial score (nSPS) is 13.6. The van der Waals surface area contributed by atoms with Gasteiger partial charge in [0.2, 0.25) is 0 Å². The number of pyridine rings is 1. The van der Waals surface area contributed by atoms with Crippen LogP contribution in [0.15, 0.2) is 16.9 Å². The fourth-order valence-corrected chi connectivity index (χ4v) is 4.28. The Balaban J connectivity index is 1.68. The number of fused-ring (bicyclic) bond motifs is 4. The van der Waals surface area contributed by atoms with Crippen LogP contribution >= 0.6 is 0 Å². The molecule has 1 aromatic carbocycles. The van der Waals surface area contributed by atoms with Crippen LogP contribution < -0.4 is 16.2 Å². The monoisotopic (exact) mass is 395 g/mol. The van der Waals surface area contributed by atoms with Crippen LogP contribution in [0.4, 0.5) is 4.79 Å². The molecule has 0 radical (unpaired) electrons. The number of hydrogen-bond donors (Lipinski definition) is 3. The van der Waals surface area contributed by atoms with E-state index >= 15 is 0 Å². The Morgan fingerprint density at radius 2 is 1.90 bits per heavy atom. The van der Waals surface area contributed by atoms with Crippen molar-refractivity contribution < 1.29 is 4.79 Å². The summed E-state index contributed by atoms with van der Waals surface area (Å²) >= 11 is 0. The van der Waals surface area contributed by atoms with Gasteiger partial charge < -0.3 is 15.2 Å². The lowest BCUT2D eigenvalue weighted by atomic mass is 9.90. The van der Waals surface area contributed by atoms with Gasteiger partial charge in [-0.25, -0.2) is 4.79 Å². The number of carbonyl (C=O) groups is 1. The number of amides is 2. The van der Waals surface area contributed by atoms with Gasteiger partial charge in [0.25, 0.3) is 5.56 Å². The van der Waals surface area contributed by atoms with Gasteiger partial charge in [-0.2, -0.15) is 5.10 Å². The highest BCUT2D eigenvalue weighted by Crippen LogP contribution is 2.30. The highest BCUT2D eigenvalue weighted by atomic mass is 16.2. The zero-order valence-corrected chi connectivity index (χ0v) is 17.2. The van der Waals surface area contributed by atoms with Crippen molar-refractivity contribution in [2.45, 2.75) is 58.9 Å². The summed E-state index contributed by atoms with van der Waals surface area (Å²) in [5.74, 6) is 0. The van der Waals surface area contributed by atoms with Gasteiger partial charge in [0.1, 0.15) is 5.52 Å². The molecule has 7 nitrogen and oxygen atoms in total. The summed E-state index contributed by atoms with van der Waals surface area (Å²) in [4.78, 5) is 25.0. The van der Waals surface area contributed by atoms with Crippen molar-refractivity contribution in [3.05, 3.63) is 39.3 Å². The summed E-state index contributed by atoms with van der Waals surface area (Å²) in [5, 5.41) is 14.8. The molecule has 0 atom stereocenters. The van der Waals surface area contributed by atoms with Gasteiger partial charge in [0, 0.05) is 30.7 Å². The average Bonchev–Trinajstić information content (AvgIpc) is 3.12. The maximum absolute atomic E-state index is 13.3. The van der Waals surface area contributed by atoms with E-state index in [2.05, 4.69) is 33.0 Å². The quantitative estimate of drug-likeness (QED) is 0.560. The topological polar surface area (TPSA) is 91.8 Å². The molecule has 154 valence electrons.